The number of pyridine rings is 1. The molecule has 1 aliphatic heterocycles. The quantitative estimate of drug-likeness (QED) is 0.646. The van der Waals surface area contributed by atoms with Crippen molar-refractivity contribution in [1.82, 2.24) is 15.2 Å². The topological polar surface area (TPSA) is 112 Å². The SMILES string of the molecule is O=C(Nc1cccnc1)C1CC12CCN(C(=O)NC1CCCCC1)C2.O=C(O)C(F)(F)F. The van der Waals surface area contributed by atoms with E-state index in [0.29, 0.717) is 12.6 Å². The van der Waals surface area contributed by atoms with Gasteiger partial charge in [-0.2, -0.15) is 13.2 Å². The smallest absolute Gasteiger partial charge is 0.475 e. The molecule has 1 saturated heterocycles. The molecule has 2 heterocycles. The van der Waals surface area contributed by atoms with Crippen LogP contribution in [0.4, 0.5) is 23.7 Å². The minimum atomic E-state index is -5.08. The number of aliphatic carboxylic acids is 1. The summed E-state index contributed by atoms with van der Waals surface area (Å²) in [5.74, 6) is -2.68. The second-order valence-corrected chi connectivity index (χ2v) is 8.61. The van der Waals surface area contributed by atoms with Crippen molar-refractivity contribution in [3.63, 3.8) is 0 Å². The maximum absolute atomic E-state index is 12.5. The Morgan fingerprint density at radius 2 is 1.88 bits per heavy atom. The van der Waals surface area contributed by atoms with Crippen LogP contribution in [-0.4, -0.2) is 58.2 Å². The van der Waals surface area contributed by atoms with Gasteiger partial charge in [0.1, 0.15) is 0 Å². The van der Waals surface area contributed by atoms with Crippen LogP contribution in [0.25, 0.3) is 0 Å². The zero-order chi connectivity index (χ0) is 23.4. The van der Waals surface area contributed by atoms with E-state index in [1.807, 2.05) is 17.0 Å². The first-order valence-electron chi connectivity index (χ1n) is 10.7. The van der Waals surface area contributed by atoms with Crippen molar-refractivity contribution in [1.29, 1.82) is 0 Å². The summed E-state index contributed by atoms with van der Waals surface area (Å²) < 4.78 is 31.7. The molecule has 1 aromatic rings. The predicted octanol–water partition coefficient (Wildman–Crippen LogP) is 3.41. The molecule has 3 N–H and O–H groups in total. The Balaban J connectivity index is 0.000000360. The maximum atomic E-state index is 12.5. The number of urea groups is 1. The van der Waals surface area contributed by atoms with Crippen molar-refractivity contribution in [2.45, 2.75) is 57.2 Å². The average molecular weight is 456 g/mol. The Morgan fingerprint density at radius 1 is 1.19 bits per heavy atom. The van der Waals surface area contributed by atoms with Gasteiger partial charge in [0.2, 0.25) is 5.91 Å². The van der Waals surface area contributed by atoms with Crippen LogP contribution >= 0.6 is 0 Å². The number of carboxylic acids is 1. The zero-order valence-corrected chi connectivity index (χ0v) is 17.5. The largest absolute Gasteiger partial charge is 0.490 e. The molecule has 2 aliphatic carbocycles. The van der Waals surface area contributed by atoms with E-state index >= 15 is 0 Å². The molecule has 0 radical (unpaired) electrons. The molecule has 3 aliphatic rings. The molecule has 2 saturated carbocycles. The molecule has 0 bridgehead atoms. The fourth-order valence-electron chi connectivity index (χ4n) is 4.42. The summed E-state index contributed by atoms with van der Waals surface area (Å²) in [6, 6.07) is 4.05. The molecule has 8 nitrogen and oxygen atoms in total. The van der Waals surface area contributed by atoms with E-state index in [-0.39, 0.29) is 23.3 Å². The van der Waals surface area contributed by atoms with Crippen LogP contribution < -0.4 is 10.6 Å². The molecule has 32 heavy (non-hydrogen) atoms. The molecule has 176 valence electrons. The third-order valence-electron chi connectivity index (χ3n) is 6.28. The standard InChI is InChI=1S/C19H26N4O2.C2HF3O2/c24-17(21-15-7-4-9-20-12-15)16-11-19(16)8-10-23(13-19)18(25)22-14-5-2-1-3-6-14;3-2(4,5)1(6)7/h4,7,9,12,14,16H,1-3,5-6,8,10-11,13H2,(H,21,24)(H,22,25);(H,6,7). The summed E-state index contributed by atoms with van der Waals surface area (Å²) in [5.41, 5.74) is 0.732. The van der Waals surface area contributed by atoms with Crippen molar-refractivity contribution in [3.8, 4) is 0 Å². The van der Waals surface area contributed by atoms with Crippen LogP contribution in [0.2, 0.25) is 0 Å². The summed E-state index contributed by atoms with van der Waals surface area (Å²) in [5, 5.41) is 13.3. The minimum Gasteiger partial charge on any atom is -0.475 e. The van der Waals surface area contributed by atoms with E-state index in [1.165, 1.54) is 19.3 Å². The second kappa shape index (κ2) is 9.74. The lowest BCUT2D eigenvalue weighted by atomic mass is 9.96. The average Bonchev–Trinajstić information content (AvgIpc) is 3.29. The van der Waals surface area contributed by atoms with Crippen molar-refractivity contribution in [2.75, 3.05) is 18.4 Å². The van der Waals surface area contributed by atoms with Gasteiger partial charge >= 0.3 is 18.2 Å². The number of anilines is 1. The highest BCUT2D eigenvalue weighted by atomic mass is 19.4. The van der Waals surface area contributed by atoms with Gasteiger partial charge in [-0.3, -0.25) is 9.78 Å². The summed E-state index contributed by atoms with van der Waals surface area (Å²) in [6.07, 6.45) is 5.98. The molecule has 2 atom stereocenters. The Hall–Kier alpha value is -2.85. The summed E-state index contributed by atoms with van der Waals surface area (Å²) in [7, 11) is 0. The van der Waals surface area contributed by atoms with Gasteiger partial charge in [0.15, 0.2) is 0 Å². The van der Waals surface area contributed by atoms with Crippen molar-refractivity contribution >= 4 is 23.6 Å². The number of amides is 3. The van der Waals surface area contributed by atoms with Gasteiger partial charge in [0, 0.05) is 36.7 Å². The van der Waals surface area contributed by atoms with Gasteiger partial charge in [0.25, 0.3) is 0 Å². The van der Waals surface area contributed by atoms with E-state index in [4.69, 9.17) is 9.90 Å². The molecular weight excluding hydrogens is 429 g/mol. The highest BCUT2D eigenvalue weighted by Crippen LogP contribution is 2.58. The van der Waals surface area contributed by atoms with E-state index < -0.39 is 12.1 Å². The minimum absolute atomic E-state index is 0.00377. The molecule has 0 aromatic carbocycles. The number of carbonyl (C=O) groups excluding carboxylic acids is 2. The molecule has 3 amide bonds. The molecule has 4 rings (SSSR count). The number of carbonyl (C=O) groups is 3. The third-order valence-corrected chi connectivity index (χ3v) is 6.28. The fraction of sp³-hybridized carbons (Fsp3) is 0.619. The lowest BCUT2D eigenvalue weighted by Gasteiger charge is -2.26. The highest BCUT2D eigenvalue weighted by Gasteiger charge is 2.61. The monoisotopic (exact) mass is 456 g/mol. The summed E-state index contributed by atoms with van der Waals surface area (Å²) >= 11 is 0. The first-order valence-corrected chi connectivity index (χ1v) is 10.7. The molecule has 2 unspecified atom stereocenters. The van der Waals surface area contributed by atoms with Crippen LogP contribution in [0.5, 0.6) is 0 Å². The van der Waals surface area contributed by atoms with Crippen molar-refractivity contribution in [3.05, 3.63) is 24.5 Å². The summed E-state index contributed by atoms with van der Waals surface area (Å²) in [6.45, 7) is 1.46. The lowest BCUT2D eigenvalue weighted by molar-refractivity contribution is -0.192. The van der Waals surface area contributed by atoms with Gasteiger partial charge in [-0.25, -0.2) is 9.59 Å². The highest BCUT2D eigenvalue weighted by molar-refractivity contribution is 5.95. The molecule has 1 aromatic heterocycles. The van der Waals surface area contributed by atoms with Crippen molar-refractivity contribution < 1.29 is 32.7 Å². The van der Waals surface area contributed by atoms with Gasteiger partial charge in [-0.15, -0.1) is 0 Å². The zero-order valence-electron chi connectivity index (χ0n) is 17.5. The van der Waals surface area contributed by atoms with E-state index in [1.54, 1.807) is 12.4 Å². The van der Waals surface area contributed by atoms with E-state index in [0.717, 1.165) is 37.9 Å². The fourth-order valence-corrected chi connectivity index (χ4v) is 4.42. The molecule has 3 fully saturated rings. The number of hydrogen-bond donors (Lipinski definition) is 3. The van der Waals surface area contributed by atoms with Crippen LogP contribution in [0.1, 0.15) is 44.9 Å². The van der Waals surface area contributed by atoms with Gasteiger partial charge in [-0.05, 0) is 37.8 Å². The maximum Gasteiger partial charge on any atom is 0.490 e. The third kappa shape index (κ3) is 6.10. The summed E-state index contributed by atoms with van der Waals surface area (Å²) in [4.78, 5) is 39.8. The first-order chi connectivity index (χ1) is 15.1. The molecular formula is C21H27F3N4O4. The Bertz CT molecular complexity index is 830. The number of aromatic nitrogens is 1. The van der Waals surface area contributed by atoms with E-state index in [2.05, 4.69) is 15.6 Å². The second-order valence-electron chi connectivity index (χ2n) is 8.61. The Kier molecular flexibility index (Phi) is 7.25. The Labute approximate surface area is 183 Å². The number of likely N-dealkylation sites (tertiary alicyclic amines) is 1. The number of rotatable bonds is 3. The van der Waals surface area contributed by atoms with Crippen LogP contribution in [0.15, 0.2) is 24.5 Å². The van der Waals surface area contributed by atoms with Crippen molar-refractivity contribution in [2.24, 2.45) is 11.3 Å². The molecule has 11 heteroatoms. The van der Waals surface area contributed by atoms with Crippen LogP contribution in [0, 0.1) is 11.3 Å². The van der Waals surface area contributed by atoms with E-state index in [9.17, 15) is 22.8 Å². The van der Waals surface area contributed by atoms with Gasteiger partial charge in [0.05, 0.1) is 11.9 Å². The number of nitrogens with one attached hydrogen (secondary N) is 2. The number of hydrogen-bond acceptors (Lipinski definition) is 4. The number of carboxylic acid groups (broad SMARTS) is 1. The number of nitrogens with zero attached hydrogens (tertiary/aromatic N) is 2. The predicted molar refractivity (Wildman–Crippen MR) is 109 cm³/mol. The van der Waals surface area contributed by atoms with Crippen LogP contribution in [-0.2, 0) is 9.59 Å². The number of alkyl halides is 3. The first kappa shape index (κ1) is 23.8. The van der Waals surface area contributed by atoms with Crippen LogP contribution in [0.3, 0.4) is 0 Å². The lowest BCUT2D eigenvalue weighted by Crippen LogP contribution is -2.44. The molecule has 1 spiro atoms. The van der Waals surface area contributed by atoms with Gasteiger partial charge in [-0.1, -0.05) is 19.3 Å². The number of halogens is 3. The van der Waals surface area contributed by atoms with Gasteiger partial charge < -0.3 is 20.6 Å². The Morgan fingerprint density at radius 3 is 2.47 bits per heavy atom. The normalized spacial score (nSPS) is 25.0.